The molecule has 0 aromatic heterocycles. The van der Waals surface area contributed by atoms with Gasteiger partial charge in [0.1, 0.15) is 0 Å². The fourth-order valence-corrected chi connectivity index (χ4v) is 2.26. The molecule has 0 aliphatic heterocycles. The van der Waals surface area contributed by atoms with Crippen molar-refractivity contribution in [1.29, 1.82) is 0 Å². The molecule has 0 spiro atoms. The van der Waals surface area contributed by atoms with Crippen LogP contribution in [0.25, 0.3) is 0 Å². The molecule has 0 amide bonds. The van der Waals surface area contributed by atoms with Crippen LogP contribution in [-0.4, -0.2) is 0 Å². The Hall–Kier alpha value is 0.324. The smallest absolute Gasteiger partial charge is 0 e. The second-order valence-electron chi connectivity index (χ2n) is 4.12. The first-order chi connectivity index (χ1) is 6.36. The predicted molar refractivity (Wildman–Crippen MR) is 55.8 cm³/mol. The minimum atomic E-state index is 0. The maximum absolute atomic E-state index is 3.48. The summed E-state index contributed by atoms with van der Waals surface area (Å²) in [5.41, 5.74) is 2.72. The van der Waals surface area contributed by atoms with Gasteiger partial charge in [-0.25, -0.2) is 0 Å². The van der Waals surface area contributed by atoms with E-state index in [0.29, 0.717) is 0 Å². The molecule has 0 bridgehead atoms. The van der Waals surface area contributed by atoms with Gasteiger partial charge in [-0.1, -0.05) is 26.2 Å². The van der Waals surface area contributed by atoms with Crippen LogP contribution >= 0.6 is 0 Å². The molecule has 1 aliphatic carbocycles. The summed E-state index contributed by atoms with van der Waals surface area (Å²) in [6.07, 6.45) is 7.00. The quantitative estimate of drug-likeness (QED) is 0.674. The van der Waals surface area contributed by atoms with Crippen molar-refractivity contribution < 1.29 is 32.7 Å². The zero-order chi connectivity index (χ0) is 9.10. The molecule has 1 heteroatoms. The Morgan fingerprint density at radius 1 is 1.14 bits per heavy atom. The molecule has 73 valence electrons. The van der Waals surface area contributed by atoms with Gasteiger partial charge in [-0.2, -0.15) is 35.4 Å². The molecule has 2 rings (SSSR count). The zero-order valence-corrected chi connectivity index (χ0v) is 11.8. The molecule has 0 atom stereocenters. The number of benzene rings is 1. The van der Waals surface area contributed by atoms with Gasteiger partial charge in [0.25, 0.3) is 0 Å². The molecule has 14 heavy (non-hydrogen) atoms. The largest absolute Gasteiger partial charge is 0.177 e. The van der Waals surface area contributed by atoms with E-state index in [9.17, 15) is 0 Å². The third kappa shape index (κ3) is 3.17. The van der Waals surface area contributed by atoms with Crippen LogP contribution in [0, 0.1) is 13.0 Å². The normalized spacial score (nSPS) is 17.5. The fraction of sp³-hybridized carbons (Fsp3) is 0.538. The summed E-state index contributed by atoms with van der Waals surface area (Å²) in [7, 11) is 0. The van der Waals surface area contributed by atoms with Crippen LogP contribution in [0.15, 0.2) is 18.2 Å². The monoisotopic (exact) mass is 262 g/mol. The average molecular weight is 262 g/mol. The van der Waals surface area contributed by atoms with Gasteiger partial charge in [0.05, 0.1) is 0 Å². The number of hydrogen-bond acceptors (Lipinski definition) is 0. The summed E-state index contributed by atoms with van der Waals surface area (Å²) in [4.78, 5) is 0. The van der Waals surface area contributed by atoms with Crippen LogP contribution in [0.2, 0.25) is 0 Å². The SMILES string of the molecule is Cc1[c-]c(C2CCCCC2)ccc1.[Y]. The molecule has 1 aromatic rings. The van der Waals surface area contributed by atoms with Crippen LogP contribution in [0.3, 0.4) is 0 Å². The molecule has 0 heterocycles. The van der Waals surface area contributed by atoms with Crippen molar-refractivity contribution in [1.82, 2.24) is 0 Å². The molecule has 1 fully saturated rings. The molecule has 0 saturated heterocycles. The Labute approximate surface area is 112 Å². The molecular formula is C13H17Y-. The van der Waals surface area contributed by atoms with E-state index in [0.717, 1.165) is 5.92 Å². The Bertz CT molecular complexity index is 274. The third-order valence-electron chi connectivity index (χ3n) is 3.01. The van der Waals surface area contributed by atoms with Crippen LogP contribution < -0.4 is 0 Å². The maximum Gasteiger partial charge on any atom is 0 e. The summed E-state index contributed by atoms with van der Waals surface area (Å²) < 4.78 is 0. The molecule has 1 aromatic carbocycles. The summed E-state index contributed by atoms with van der Waals surface area (Å²) in [5, 5.41) is 0. The third-order valence-corrected chi connectivity index (χ3v) is 3.01. The van der Waals surface area contributed by atoms with E-state index < -0.39 is 0 Å². The first kappa shape index (κ1) is 12.4. The first-order valence-electron chi connectivity index (χ1n) is 5.35. The van der Waals surface area contributed by atoms with Crippen LogP contribution in [0.1, 0.15) is 49.1 Å². The van der Waals surface area contributed by atoms with Crippen molar-refractivity contribution >= 4 is 0 Å². The Morgan fingerprint density at radius 2 is 1.86 bits per heavy atom. The van der Waals surface area contributed by atoms with E-state index in [1.165, 1.54) is 43.2 Å². The Balaban J connectivity index is 0.000000980. The predicted octanol–water partition coefficient (Wildman–Crippen LogP) is 3.84. The van der Waals surface area contributed by atoms with Gasteiger partial charge in [0, 0.05) is 32.7 Å². The molecular weight excluding hydrogens is 245 g/mol. The average Bonchev–Trinajstić information content (AvgIpc) is 2.19. The van der Waals surface area contributed by atoms with Gasteiger partial charge in [-0.15, -0.1) is 0 Å². The molecule has 0 nitrogen and oxygen atoms in total. The van der Waals surface area contributed by atoms with E-state index in [2.05, 4.69) is 31.2 Å². The second kappa shape index (κ2) is 6.03. The van der Waals surface area contributed by atoms with E-state index in [1.54, 1.807) is 0 Å². The van der Waals surface area contributed by atoms with Crippen molar-refractivity contribution in [3.63, 3.8) is 0 Å². The fourth-order valence-electron chi connectivity index (χ4n) is 2.26. The summed E-state index contributed by atoms with van der Waals surface area (Å²) in [5.74, 6) is 0.800. The zero-order valence-electron chi connectivity index (χ0n) is 8.92. The van der Waals surface area contributed by atoms with Crippen molar-refractivity contribution in [3.05, 3.63) is 35.4 Å². The van der Waals surface area contributed by atoms with E-state index in [1.807, 2.05) is 0 Å². The number of hydrogen-bond donors (Lipinski definition) is 0. The van der Waals surface area contributed by atoms with Crippen molar-refractivity contribution in [3.8, 4) is 0 Å². The van der Waals surface area contributed by atoms with Gasteiger partial charge in [0.15, 0.2) is 0 Å². The summed E-state index contributed by atoms with van der Waals surface area (Å²) in [6.45, 7) is 2.13. The van der Waals surface area contributed by atoms with E-state index in [4.69, 9.17) is 0 Å². The molecule has 0 N–H and O–H groups in total. The Morgan fingerprint density at radius 3 is 2.50 bits per heavy atom. The Kier molecular flexibility index (Phi) is 5.34. The minimum Gasteiger partial charge on any atom is -0.177 e. The summed E-state index contributed by atoms with van der Waals surface area (Å²) >= 11 is 0. The van der Waals surface area contributed by atoms with Crippen molar-refractivity contribution in [2.45, 2.75) is 44.9 Å². The number of rotatable bonds is 1. The standard InChI is InChI=1S/C13H17.Y/c1-11-6-5-9-13(10-11)12-7-3-2-4-8-12;/h5-6,9,12H,2-4,7-8H2,1H3;/q-1;. The van der Waals surface area contributed by atoms with Gasteiger partial charge >= 0.3 is 0 Å². The second-order valence-corrected chi connectivity index (χ2v) is 4.12. The summed E-state index contributed by atoms with van der Waals surface area (Å²) in [6, 6.07) is 10.0. The number of aryl methyl sites for hydroxylation is 1. The maximum atomic E-state index is 3.48. The van der Waals surface area contributed by atoms with Crippen molar-refractivity contribution in [2.24, 2.45) is 0 Å². The van der Waals surface area contributed by atoms with Crippen LogP contribution in [0.5, 0.6) is 0 Å². The van der Waals surface area contributed by atoms with Gasteiger partial charge < -0.3 is 0 Å². The molecule has 0 unspecified atom stereocenters. The molecule has 1 radical (unpaired) electrons. The van der Waals surface area contributed by atoms with E-state index in [-0.39, 0.29) is 32.7 Å². The van der Waals surface area contributed by atoms with Crippen LogP contribution in [-0.2, 0) is 32.7 Å². The van der Waals surface area contributed by atoms with E-state index >= 15 is 0 Å². The minimum absolute atomic E-state index is 0. The van der Waals surface area contributed by atoms with Gasteiger partial charge in [0.2, 0.25) is 0 Å². The van der Waals surface area contributed by atoms with Crippen molar-refractivity contribution in [2.75, 3.05) is 0 Å². The van der Waals surface area contributed by atoms with Gasteiger partial charge in [-0.3, -0.25) is 0 Å². The topological polar surface area (TPSA) is 0 Å². The first-order valence-corrected chi connectivity index (χ1v) is 5.35. The van der Waals surface area contributed by atoms with Crippen LogP contribution in [0.4, 0.5) is 0 Å². The molecule has 1 aliphatic rings. The molecule has 1 saturated carbocycles. The van der Waals surface area contributed by atoms with Gasteiger partial charge in [-0.05, 0) is 18.8 Å².